The first-order chi connectivity index (χ1) is 14.6. The van der Waals surface area contributed by atoms with Crippen LogP contribution < -0.4 is 10.9 Å². The summed E-state index contributed by atoms with van der Waals surface area (Å²) in [4.78, 5) is 30.1. The van der Waals surface area contributed by atoms with Gasteiger partial charge in [0, 0.05) is 5.69 Å². The third-order valence-electron chi connectivity index (χ3n) is 4.47. The van der Waals surface area contributed by atoms with Crippen molar-refractivity contribution in [1.29, 1.82) is 0 Å². The molecule has 0 bridgehead atoms. The lowest BCUT2D eigenvalue weighted by molar-refractivity contribution is -0.113. The van der Waals surface area contributed by atoms with Crippen molar-refractivity contribution in [1.82, 2.24) is 9.55 Å². The third kappa shape index (κ3) is 4.58. The predicted octanol–water partition coefficient (Wildman–Crippen LogP) is 4.31. The van der Waals surface area contributed by atoms with Gasteiger partial charge < -0.3 is 5.32 Å². The Bertz CT molecular complexity index is 1240. The highest BCUT2D eigenvalue weighted by Gasteiger charge is 2.14. The standard InChI is InChI=1S/C23H18FN3O2S/c24-17-10-12-18(13-11-17)25-21(28)15-30-23-26-20-9-5-4-8-19(20)22(29)27(23)14-16-6-2-1-3-7-16/h1-13H,14-15H2,(H,25,28). The molecule has 0 fully saturated rings. The molecule has 0 saturated heterocycles. The van der Waals surface area contributed by atoms with Crippen molar-refractivity contribution in [3.63, 3.8) is 0 Å². The molecule has 0 saturated carbocycles. The second-order valence-corrected chi connectivity index (χ2v) is 7.57. The van der Waals surface area contributed by atoms with Gasteiger partial charge >= 0.3 is 0 Å². The van der Waals surface area contributed by atoms with E-state index >= 15 is 0 Å². The number of rotatable bonds is 6. The minimum atomic E-state index is -0.368. The first-order valence-corrected chi connectivity index (χ1v) is 10.3. The largest absolute Gasteiger partial charge is 0.325 e. The summed E-state index contributed by atoms with van der Waals surface area (Å²) in [6.45, 7) is 0.361. The highest BCUT2D eigenvalue weighted by atomic mass is 32.2. The number of thioether (sulfide) groups is 1. The van der Waals surface area contributed by atoms with Crippen LogP contribution in [0.4, 0.5) is 10.1 Å². The summed E-state index contributed by atoms with van der Waals surface area (Å²) in [5.74, 6) is -0.565. The van der Waals surface area contributed by atoms with Crippen LogP contribution >= 0.6 is 11.8 Å². The van der Waals surface area contributed by atoms with Gasteiger partial charge in [-0.2, -0.15) is 0 Å². The molecule has 1 amide bonds. The first-order valence-electron chi connectivity index (χ1n) is 9.32. The van der Waals surface area contributed by atoms with Crippen molar-refractivity contribution >= 4 is 34.3 Å². The molecule has 30 heavy (non-hydrogen) atoms. The van der Waals surface area contributed by atoms with E-state index in [-0.39, 0.29) is 23.0 Å². The van der Waals surface area contributed by atoms with E-state index < -0.39 is 0 Å². The van der Waals surface area contributed by atoms with E-state index in [1.165, 1.54) is 36.0 Å². The lowest BCUT2D eigenvalue weighted by atomic mass is 10.2. The van der Waals surface area contributed by atoms with Crippen LogP contribution in [0.1, 0.15) is 5.56 Å². The molecule has 0 aliphatic rings. The van der Waals surface area contributed by atoms with Crippen molar-refractivity contribution in [2.45, 2.75) is 11.7 Å². The lowest BCUT2D eigenvalue weighted by Gasteiger charge is -2.13. The minimum absolute atomic E-state index is 0.0664. The normalized spacial score (nSPS) is 10.8. The number of para-hydroxylation sites is 1. The molecule has 7 heteroatoms. The van der Waals surface area contributed by atoms with Crippen LogP contribution in [-0.2, 0) is 11.3 Å². The number of hydrogen-bond donors (Lipinski definition) is 1. The molecule has 0 aliphatic carbocycles. The number of benzene rings is 3. The SMILES string of the molecule is O=C(CSc1nc2ccccc2c(=O)n1Cc1ccccc1)Nc1ccc(F)cc1. The van der Waals surface area contributed by atoms with Gasteiger partial charge in [0.05, 0.1) is 23.2 Å². The van der Waals surface area contributed by atoms with Gasteiger partial charge in [-0.15, -0.1) is 0 Å². The smallest absolute Gasteiger partial charge is 0.262 e. The highest BCUT2D eigenvalue weighted by molar-refractivity contribution is 7.99. The number of nitrogens with zero attached hydrogens (tertiary/aromatic N) is 2. The predicted molar refractivity (Wildman–Crippen MR) is 117 cm³/mol. The Balaban J connectivity index is 1.60. The maximum atomic E-state index is 13.1. The van der Waals surface area contributed by atoms with Crippen LogP contribution in [0.25, 0.3) is 10.9 Å². The fraction of sp³-hybridized carbons (Fsp3) is 0.0870. The summed E-state index contributed by atoms with van der Waals surface area (Å²) >= 11 is 1.19. The van der Waals surface area contributed by atoms with Gasteiger partial charge in [-0.25, -0.2) is 9.37 Å². The van der Waals surface area contributed by atoms with Gasteiger partial charge in [0.25, 0.3) is 5.56 Å². The van der Waals surface area contributed by atoms with Gasteiger partial charge in [-0.05, 0) is 42.0 Å². The fourth-order valence-corrected chi connectivity index (χ4v) is 3.82. The maximum absolute atomic E-state index is 13.1. The van der Waals surface area contributed by atoms with Crippen LogP contribution in [0.15, 0.2) is 88.8 Å². The van der Waals surface area contributed by atoms with Crippen LogP contribution in [0, 0.1) is 5.82 Å². The molecule has 1 N–H and O–H groups in total. The van der Waals surface area contributed by atoms with Crippen molar-refractivity contribution in [3.8, 4) is 0 Å². The average Bonchev–Trinajstić information content (AvgIpc) is 2.77. The van der Waals surface area contributed by atoms with Gasteiger partial charge in [0.1, 0.15) is 5.82 Å². The molecule has 0 spiro atoms. The average molecular weight is 419 g/mol. The first kappa shape index (κ1) is 19.8. The number of amides is 1. The molecule has 0 unspecified atom stereocenters. The lowest BCUT2D eigenvalue weighted by Crippen LogP contribution is -2.24. The monoisotopic (exact) mass is 419 g/mol. The number of halogens is 1. The second kappa shape index (κ2) is 8.92. The van der Waals surface area contributed by atoms with Gasteiger partial charge in [0.2, 0.25) is 5.91 Å². The molecule has 0 radical (unpaired) electrons. The third-order valence-corrected chi connectivity index (χ3v) is 5.45. The summed E-state index contributed by atoms with van der Waals surface area (Å²) in [6.07, 6.45) is 0. The summed E-state index contributed by atoms with van der Waals surface area (Å²) in [5, 5.41) is 3.72. The Morgan fingerprint density at radius 1 is 0.967 bits per heavy atom. The number of carbonyl (C=O) groups excluding carboxylic acids is 1. The zero-order valence-electron chi connectivity index (χ0n) is 15.9. The van der Waals surface area contributed by atoms with Crippen LogP contribution in [0.2, 0.25) is 0 Å². The molecule has 150 valence electrons. The number of anilines is 1. The molecular formula is C23H18FN3O2S. The molecule has 3 aromatic carbocycles. The zero-order valence-corrected chi connectivity index (χ0v) is 16.7. The van der Waals surface area contributed by atoms with Crippen LogP contribution in [-0.4, -0.2) is 21.2 Å². The van der Waals surface area contributed by atoms with Crippen molar-refractivity contribution in [2.75, 3.05) is 11.1 Å². The number of hydrogen-bond acceptors (Lipinski definition) is 4. The Labute approximate surface area is 176 Å². The van der Waals surface area contributed by atoms with Crippen LogP contribution in [0.5, 0.6) is 0 Å². The molecule has 5 nitrogen and oxygen atoms in total. The van der Waals surface area contributed by atoms with E-state index in [0.29, 0.717) is 28.3 Å². The van der Waals surface area contributed by atoms with E-state index in [4.69, 9.17) is 0 Å². The topological polar surface area (TPSA) is 64.0 Å². The Hall–Kier alpha value is -3.45. The maximum Gasteiger partial charge on any atom is 0.262 e. The molecule has 0 atom stereocenters. The Morgan fingerprint density at radius 2 is 1.67 bits per heavy atom. The number of aromatic nitrogens is 2. The van der Waals surface area contributed by atoms with E-state index in [1.54, 1.807) is 22.8 Å². The van der Waals surface area contributed by atoms with Gasteiger partial charge in [-0.3, -0.25) is 14.2 Å². The van der Waals surface area contributed by atoms with Crippen molar-refractivity contribution < 1.29 is 9.18 Å². The summed E-state index contributed by atoms with van der Waals surface area (Å²) in [5.41, 5.74) is 1.92. The molecule has 0 aliphatic heterocycles. The van der Waals surface area contributed by atoms with E-state index in [0.717, 1.165) is 5.56 Å². The second-order valence-electron chi connectivity index (χ2n) is 6.63. The minimum Gasteiger partial charge on any atom is -0.325 e. The van der Waals surface area contributed by atoms with Crippen LogP contribution in [0.3, 0.4) is 0 Å². The number of fused-ring (bicyclic) bond motifs is 1. The summed E-state index contributed by atoms with van der Waals surface area (Å²) in [6, 6.07) is 22.4. The van der Waals surface area contributed by atoms with E-state index in [2.05, 4.69) is 10.3 Å². The van der Waals surface area contributed by atoms with Crippen molar-refractivity contribution in [3.05, 3.63) is 101 Å². The Morgan fingerprint density at radius 3 is 2.43 bits per heavy atom. The Kier molecular flexibility index (Phi) is 5.90. The van der Waals surface area contributed by atoms with E-state index in [9.17, 15) is 14.0 Å². The summed E-state index contributed by atoms with van der Waals surface area (Å²) < 4.78 is 14.6. The van der Waals surface area contributed by atoms with Crippen molar-refractivity contribution in [2.24, 2.45) is 0 Å². The van der Waals surface area contributed by atoms with E-state index in [1.807, 2.05) is 36.4 Å². The van der Waals surface area contributed by atoms with Gasteiger partial charge in [-0.1, -0.05) is 54.2 Å². The zero-order chi connectivity index (χ0) is 20.9. The molecular weight excluding hydrogens is 401 g/mol. The molecule has 1 aromatic heterocycles. The quantitative estimate of drug-likeness (QED) is 0.374. The summed E-state index contributed by atoms with van der Waals surface area (Å²) in [7, 11) is 0. The molecule has 1 heterocycles. The molecule has 4 aromatic rings. The highest BCUT2D eigenvalue weighted by Crippen LogP contribution is 2.19. The number of carbonyl (C=O) groups is 1. The fourth-order valence-electron chi connectivity index (χ4n) is 3.02. The molecule has 4 rings (SSSR count). The number of nitrogens with one attached hydrogen (secondary N) is 1. The van der Waals surface area contributed by atoms with Gasteiger partial charge in [0.15, 0.2) is 5.16 Å².